The highest BCUT2D eigenvalue weighted by atomic mass is 35.5. The number of aliphatic hydroxyl groups excluding tert-OH is 1. The van der Waals surface area contributed by atoms with Crippen LogP contribution in [0, 0.1) is 5.92 Å². The maximum atomic E-state index is 11.2. The lowest BCUT2D eigenvalue weighted by molar-refractivity contribution is -0.200. The third kappa shape index (κ3) is 4.99. The average molecular weight is 230 g/mol. The molecule has 0 aromatic carbocycles. The van der Waals surface area contributed by atoms with E-state index in [1.807, 2.05) is 0 Å². The summed E-state index contributed by atoms with van der Waals surface area (Å²) in [5.41, 5.74) is 0. The third-order valence-electron chi connectivity index (χ3n) is 1.43. The zero-order chi connectivity index (χ0) is 10.5. The van der Waals surface area contributed by atoms with Crippen LogP contribution >= 0.6 is 19.2 Å². The van der Waals surface area contributed by atoms with Crippen LogP contribution in [0.2, 0.25) is 0 Å². The van der Waals surface area contributed by atoms with Crippen molar-refractivity contribution in [1.29, 1.82) is 0 Å². The van der Waals surface area contributed by atoms with E-state index >= 15 is 0 Å². The summed E-state index contributed by atoms with van der Waals surface area (Å²) in [5.74, 6) is -0.181. The second kappa shape index (κ2) is 5.99. The number of rotatable bonds is 6. The highest BCUT2D eigenvalue weighted by Crippen LogP contribution is 2.48. The van der Waals surface area contributed by atoms with Gasteiger partial charge < -0.3 is 19.1 Å². The van der Waals surface area contributed by atoms with E-state index in [-0.39, 0.29) is 19.1 Å². The van der Waals surface area contributed by atoms with E-state index in [9.17, 15) is 9.46 Å². The molecule has 0 aromatic rings. The largest absolute Gasteiger partial charge is 0.777 e. The Balaban J connectivity index is 3.99. The fourth-order valence-electron chi connectivity index (χ4n) is 0.693. The molecule has 0 aromatic heterocycles. The molecule has 0 aliphatic heterocycles. The number of halogens is 1. The van der Waals surface area contributed by atoms with Gasteiger partial charge in [0.2, 0.25) is 0 Å². The van der Waals surface area contributed by atoms with Gasteiger partial charge in [-0.1, -0.05) is 13.8 Å². The number of alkyl halides is 1. The van der Waals surface area contributed by atoms with Crippen LogP contribution in [0.5, 0.6) is 0 Å². The Kier molecular flexibility index (Phi) is 6.18. The molecular weight excluding hydrogens is 214 g/mol. The molecule has 2 atom stereocenters. The molecule has 0 radical (unpaired) electrons. The summed E-state index contributed by atoms with van der Waals surface area (Å²) >= 11 is 5.62. The van der Waals surface area contributed by atoms with Gasteiger partial charge in [-0.25, -0.2) is 0 Å². The minimum Gasteiger partial charge on any atom is -0.777 e. The van der Waals surface area contributed by atoms with Gasteiger partial charge in [0.25, 0.3) is 0 Å². The van der Waals surface area contributed by atoms with Gasteiger partial charge in [-0.3, -0.25) is 0 Å². The Labute approximate surface area is 83.4 Å². The fraction of sp³-hybridized carbons (Fsp3) is 1.00. The summed E-state index contributed by atoms with van der Waals surface area (Å²) in [5, 5.41) is 7.41. The molecule has 0 saturated carbocycles. The zero-order valence-electron chi connectivity index (χ0n) is 7.77. The Morgan fingerprint density at radius 3 is 2.54 bits per heavy atom. The first-order valence-electron chi connectivity index (χ1n) is 4.12. The Morgan fingerprint density at radius 2 is 2.15 bits per heavy atom. The van der Waals surface area contributed by atoms with Crippen molar-refractivity contribution >= 4 is 19.2 Å². The predicted molar refractivity (Wildman–Crippen MR) is 49.7 cm³/mol. The maximum Gasteiger partial charge on any atom is 0.153 e. The monoisotopic (exact) mass is 229 g/mol. The highest BCUT2D eigenvalue weighted by molar-refractivity contribution is 7.54. The molecule has 0 heterocycles. The molecule has 0 aliphatic rings. The highest BCUT2D eigenvalue weighted by Gasteiger charge is 2.23. The van der Waals surface area contributed by atoms with Gasteiger partial charge in [-0.2, -0.15) is 0 Å². The second-order valence-electron chi connectivity index (χ2n) is 3.07. The molecule has 80 valence electrons. The van der Waals surface area contributed by atoms with Crippen molar-refractivity contribution in [3.8, 4) is 0 Å². The molecule has 6 heteroatoms. The summed E-state index contributed by atoms with van der Waals surface area (Å²) in [6.07, 6.45) is 0.300. The lowest BCUT2D eigenvalue weighted by Gasteiger charge is -2.30. The Bertz CT molecular complexity index is 185. The van der Waals surface area contributed by atoms with E-state index in [0.29, 0.717) is 6.42 Å². The van der Waals surface area contributed by atoms with Crippen LogP contribution in [0.25, 0.3) is 0 Å². The number of hydrogen-bond donors (Lipinski definition) is 1. The minimum absolute atomic E-state index is 0.00673. The maximum absolute atomic E-state index is 11.2. The summed E-state index contributed by atoms with van der Waals surface area (Å²) in [6, 6.07) is 0. The van der Waals surface area contributed by atoms with Crippen LogP contribution < -0.4 is 4.89 Å². The van der Waals surface area contributed by atoms with Gasteiger partial charge in [0.15, 0.2) is 7.60 Å². The third-order valence-corrected chi connectivity index (χ3v) is 4.39. The lowest BCUT2D eigenvalue weighted by Crippen LogP contribution is -2.19. The van der Waals surface area contributed by atoms with Crippen LogP contribution in [-0.4, -0.2) is 23.4 Å². The van der Waals surface area contributed by atoms with Crippen LogP contribution in [-0.2, 0) is 9.09 Å². The minimum atomic E-state index is -3.97. The first-order valence-corrected chi connectivity index (χ1v) is 6.17. The standard InChI is InChI=1S/C7H16ClO4P/c1-6(2)7(8)13(10,11)12-5-3-4-9/h6-7,9H,3-5H2,1-2H3,(H,10,11)/p-1. The van der Waals surface area contributed by atoms with E-state index in [1.165, 1.54) is 0 Å². The SMILES string of the molecule is CC(C)C(Cl)P(=O)([O-])OCCCO. The molecular formula is C7H15ClO4P-. The summed E-state index contributed by atoms with van der Waals surface area (Å²) in [6.45, 7) is 3.32. The van der Waals surface area contributed by atoms with Crippen LogP contribution in [0.15, 0.2) is 0 Å². The molecule has 0 rings (SSSR count). The van der Waals surface area contributed by atoms with Crippen molar-refractivity contribution in [1.82, 2.24) is 0 Å². The first-order chi connectivity index (χ1) is 5.91. The lowest BCUT2D eigenvalue weighted by atomic mass is 10.3. The van der Waals surface area contributed by atoms with Gasteiger partial charge in [-0.15, -0.1) is 11.6 Å². The van der Waals surface area contributed by atoms with Crippen molar-refractivity contribution in [3.05, 3.63) is 0 Å². The van der Waals surface area contributed by atoms with Gasteiger partial charge in [-0.05, 0) is 12.3 Å². The van der Waals surface area contributed by atoms with Gasteiger partial charge in [0, 0.05) is 6.61 Å². The van der Waals surface area contributed by atoms with Crippen LogP contribution in [0.4, 0.5) is 0 Å². The quantitative estimate of drug-likeness (QED) is 0.422. The van der Waals surface area contributed by atoms with E-state index in [2.05, 4.69) is 4.52 Å². The number of hydrogen-bond acceptors (Lipinski definition) is 4. The molecule has 13 heavy (non-hydrogen) atoms. The fourth-order valence-corrected chi connectivity index (χ4v) is 2.12. The smallest absolute Gasteiger partial charge is 0.153 e. The molecule has 0 aliphatic carbocycles. The molecule has 0 fully saturated rings. The molecule has 1 N–H and O–H groups in total. The van der Waals surface area contributed by atoms with E-state index in [1.54, 1.807) is 13.8 Å². The predicted octanol–water partition coefficient (Wildman–Crippen LogP) is 1.16. The second-order valence-corrected chi connectivity index (χ2v) is 5.74. The average Bonchev–Trinajstić information content (AvgIpc) is 2.03. The number of aliphatic hydroxyl groups is 1. The van der Waals surface area contributed by atoms with Gasteiger partial charge in [0.05, 0.1) is 11.7 Å². The van der Waals surface area contributed by atoms with Crippen molar-refractivity contribution in [3.63, 3.8) is 0 Å². The van der Waals surface area contributed by atoms with Gasteiger partial charge >= 0.3 is 0 Å². The van der Waals surface area contributed by atoms with Crippen molar-refractivity contribution in [2.75, 3.05) is 13.2 Å². The molecule has 0 spiro atoms. The summed E-state index contributed by atoms with van der Waals surface area (Å²) in [7, 11) is -3.97. The van der Waals surface area contributed by atoms with E-state index in [4.69, 9.17) is 16.7 Å². The summed E-state index contributed by atoms with van der Waals surface area (Å²) in [4.78, 5) is 11.2. The van der Waals surface area contributed by atoms with Gasteiger partial charge in [0.1, 0.15) is 0 Å². The topological polar surface area (TPSA) is 69.6 Å². The normalized spacial score (nSPS) is 18.6. The van der Waals surface area contributed by atoms with E-state index < -0.39 is 12.7 Å². The molecule has 2 unspecified atom stereocenters. The Morgan fingerprint density at radius 1 is 1.62 bits per heavy atom. The summed E-state index contributed by atoms with van der Waals surface area (Å²) < 4.78 is 15.8. The molecule has 0 bridgehead atoms. The molecule has 4 nitrogen and oxygen atoms in total. The van der Waals surface area contributed by atoms with E-state index in [0.717, 1.165) is 0 Å². The molecule has 0 amide bonds. The molecule has 0 saturated heterocycles. The van der Waals surface area contributed by atoms with Crippen LogP contribution in [0.1, 0.15) is 20.3 Å². The van der Waals surface area contributed by atoms with Crippen molar-refractivity contribution in [2.45, 2.75) is 25.4 Å². The van der Waals surface area contributed by atoms with Crippen LogP contribution in [0.3, 0.4) is 0 Å². The first kappa shape index (κ1) is 13.4. The van der Waals surface area contributed by atoms with Crippen molar-refractivity contribution in [2.24, 2.45) is 5.92 Å². The zero-order valence-corrected chi connectivity index (χ0v) is 9.42. The van der Waals surface area contributed by atoms with Crippen molar-refractivity contribution < 1.29 is 19.1 Å². The Hall–Kier alpha value is 0.400.